The fourth-order valence-electron chi connectivity index (χ4n) is 3.29. The van der Waals surface area contributed by atoms with Crippen LogP contribution in [0.15, 0.2) is 21.2 Å². The summed E-state index contributed by atoms with van der Waals surface area (Å²) < 4.78 is 5.29. The van der Waals surface area contributed by atoms with Crippen LogP contribution in [0.4, 0.5) is 5.88 Å². The van der Waals surface area contributed by atoms with Crippen LogP contribution >= 0.6 is 0 Å². The van der Waals surface area contributed by atoms with Gasteiger partial charge in [-0.25, -0.2) is 10.4 Å². The summed E-state index contributed by atoms with van der Waals surface area (Å²) in [6, 6.07) is 1.98. The molecule has 0 amide bonds. The van der Waals surface area contributed by atoms with Gasteiger partial charge >= 0.3 is 0 Å². The van der Waals surface area contributed by atoms with E-state index in [1.807, 2.05) is 12.3 Å². The molecule has 3 aliphatic carbocycles. The van der Waals surface area contributed by atoms with Crippen LogP contribution in [0.1, 0.15) is 38.3 Å². The van der Waals surface area contributed by atoms with Gasteiger partial charge in [0, 0.05) is 6.92 Å². The van der Waals surface area contributed by atoms with E-state index in [0.717, 1.165) is 12.3 Å². The maximum Gasteiger partial charge on any atom is 0.252 e. The van der Waals surface area contributed by atoms with Crippen molar-refractivity contribution in [2.75, 3.05) is 5.43 Å². The lowest BCUT2D eigenvalue weighted by atomic mass is 9.49. The van der Waals surface area contributed by atoms with Crippen LogP contribution in [0.25, 0.3) is 0 Å². The third-order valence-corrected chi connectivity index (χ3v) is 4.73. The molecule has 5 heteroatoms. The molecule has 2 bridgehead atoms. The number of aromatic nitrogens is 1. The molecular weight excluding hydrogens is 252 g/mol. The van der Waals surface area contributed by atoms with Crippen molar-refractivity contribution in [1.82, 2.24) is 4.98 Å². The molecule has 0 spiro atoms. The molecule has 0 aliphatic heterocycles. The molecule has 104 valence electrons. The Kier molecular flexibility index (Phi) is 2.89. The smallest absolute Gasteiger partial charge is 0.252 e. The highest BCUT2D eigenvalue weighted by atomic mass is 16.4. The maximum absolute atomic E-state index is 8.92. The van der Waals surface area contributed by atoms with Gasteiger partial charge in [0.15, 0.2) is 5.89 Å². The summed E-state index contributed by atoms with van der Waals surface area (Å²) in [5, 5.41) is 13.1. The number of aryl methyl sites for hydroxylation is 1. The molecule has 1 heterocycles. The first-order chi connectivity index (χ1) is 9.52. The summed E-state index contributed by atoms with van der Waals surface area (Å²) in [6.45, 7) is 6.36. The average molecular weight is 270 g/mol. The minimum absolute atomic E-state index is 0.237. The van der Waals surface area contributed by atoms with E-state index in [1.54, 1.807) is 6.92 Å². The monoisotopic (exact) mass is 270 g/mol. The Hall–Kier alpha value is -2.09. The lowest BCUT2D eigenvalue weighted by molar-refractivity contribution is -0.00124. The second-order valence-electron chi connectivity index (χ2n) is 6.14. The second-order valence-corrected chi connectivity index (χ2v) is 6.14. The number of fused-ring (bicyclic) bond motifs is 1. The van der Waals surface area contributed by atoms with Crippen molar-refractivity contribution < 1.29 is 4.42 Å². The number of hydrogen-bond acceptors (Lipinski definition) is 5. The molecule has 1 aromatic rings. The second kappa shape index (κ2) is 4.48. The molecule has 20 heavy (non-hydrogen) atoms. The zero-order valence-electron chi connectivity index (χ0n) is 12.0. The summed E-state index contributed by atoms with van der Waals surface area (Å²) in [6.07, 6.45) is 6.51. The van der Waals surface area contributed by atoms with Crippen LogP contribution in [-0.2, 0) is 0 Å². The van der Waals surface area contributed by atoms with Gasteiger partial charge in [0.05, 0.1) is 6.21 Å². The fraction of sp³-hybridized carbons (Fsp3) is 0.533. The lowest BCUT2D eigenvalue weighted by Gasteiger charge is -2.55. The van der Waals surface area contributed by atoms with Crippen LogP contribution in [0.2, 0.25) is 0 Å². The van der Waals surface area contributed by atoms with Gasteiger partial charge in [0.25, 0.3) is 5.88 Å². The Bertz CT molecular complexity index is 633. The Morgan fingerprint density at radius 1 is 1.60 bits per heavy atom. The van der Waals surface area contributed by atoms with Crippen LogP contribution < -0.4 is 5.43 Å². The summed E-state index contributed by atoms with van der Waals surface area (Å²) in [7, 11) is 0. The van der Waals surface area contributed by atoms with E-state index >= 15 is 0 Å². The minimum atomic E-state index is 0.237. The molecule has 0 unspecified atom stereocenters. The van der Waals surface area contributed by atoms with Crippen LogP contribution in [0.3, 0.4) is 0 Å². The zero-order valence-corrected chi connectivity index (χ0v) is 12.0. The number of rotatable bonds is 3. The van der Waals surface area contributed by atoms with Crippen molar-refractivity contribution in [3.63, 3.8) is 0 Å². The molecule has 1 fully saturated rings. The standard InChI is InChI=1S/C15H18N4O/c1-9-18-13(7-16)14(20-9)19-17-8-10-4-5-11-6-12(10)15(11,2)3/h4,8,11-12,19H,5-6H2,1-3H3/t11-,12+/m0/s1. The maximum atomic E-state index is 8.92. The number of hydrazone groups is 1. The largest absolute Gasteiger partial charge is 0.422 e. The van der Waals surface area contributed by atoms with E-state index in [0.29, 0.717) is 23.1 Å². The number of nitrogens with zero attached hydrogens (tertiary/aromatic N) is 3. The van der Waals surface area contributed by atoms with Gasteiger partial charge in [-0.3, -0.25) is 0 Å². The summed E-state index contributed by atoms with van der Waals surface area (Å²) in [5.74, 6) is 2.18. The van der Waals surface area contributed by atoms with Gasteiger partial charge < -0.3 is 4.42 Å². The molecule has 1 N–H and O–H groups in total. The number of oxazole rings is 1. The first-order valence-corrected chi connectivity index (χ1v) is 6.89. The van der Waals surface area contributed by atoms with Crippen molar-refractivity contribution in [1.29, 1.82) is 5.26 Å². The third kappa shape index (κ3) is 1.92. The Morgan fingerprint density at radius 2 is 2.40 bits per heavy atom. The highest BCUT2D eigenvalue weighted by Crippen LogP contribution is 2.58. The number of anilines is 1. The highest BCUT2D eigenvalue weighted by Gasteiger charge is 2.50. The van der Waals surface area contributed by atoms with E-state index in [-0.39, 0.29) is 5.69 Å². The Morgan fingerprint density at radius 3 is 3.05 bits per heavy atom. The quantitative estimate of drug-likeness (QED) is 0.675. The van der Waals surface area contributed by atoms with E-state index in [2.05, 4.69) is 35.4 Å². The number of nitriles is 1. The van der Waals surface area contributed by atoms with Gasteiger partial charge in [-0.15, -0.1) is 0 Å². The molecule has 4 rings (SSSR count). The summed E-state index contributed by atoms with van der Waals surface area (Å²) >= 11 is 0. The summed E-state index contributed by atoms with van der Waals surface area (Å²) in [5.41, 5.74) is 4.67. The molecule has 0 saturated heterocycles. The number of allylic oxidation sites excluding steroid dienone is 2. The normalized spacial score (nSPS) is 26.8. The SMILES string of the molecule is Cc1nc(C#N)c(NN=CC2=CC[C@H]3C[C@H]2C3(C)C)o1. The Balaban J connectivity index is 1.70. The van der Waals surface area contributed by atoms with Crippen molar-refractivity contribution in [2.45, 2.75) is 33.6 Å². The number of hydrogen-bond donors (Lipinski definition) is 1. The first-order valence-electron chi connectivity index (χ1n) is 6.89. The van der Waals surface area contributed by atoms with Crippen LogP contribution in [0.5, 0.6) is 0 Å². The molecule has 1 saturated carbocycles. The van der Waals surface area contributed by atoms with Crippen molar-refractivity contribution in [3.8, 4) is 6.07 Å². The van der Waals surface area contributed by atoms with Gasteiger partial charge in [0.2, 0.25) is 5.69 Å². The zero-order chi connectivity index (χ0) is 14.3. The van der Waals surface area contributed by atoms with Gasteiger partial charge in [0.1, 0.15) is 6.07 Å². The van der Waals surface area contributed by atoms with Crippen molar-refractivity contribution in [2.24, 2.45) is 22.4 Å². The molecule has 0 aromatic carbocycles. The predicted molar refractivity (Wildman–Crippen MR) is 76.1 cm³/mol. The van der Waals surface area contributed by atoms with Crippen LogP contribution in [0, 0.1) is 35.5 Å². The average Bonchev–Trinajstić information content (AvgIpc) is 2.79. The molecule has 0 radical (unpaired) electrons. The molecular formula is C15H18N4O. The third-order valence-electron chi connectivity index (χ3n) is 4.73. The fourth-order valence-corrected chi connectivity index (χ4v) is 3.29. The Labute approximate surface area is 118 Å². The van der Waals surface area contributed by atoms with Crippen LogP contribution in [-0.4, -0.2) is 11.2 Å². The molecule has 5 nitrogen and oxygen atoms in total. The molecule has 1 aromatic heterocycles. The van der Waals surface area contributed by atoms with Gasteiger partial charge in [-0.05, 0) is 35.7 Å². The molecule has 2 atom stereocenters. The van der Waals surface area contributed by atoms with E-state index in [4.69, 9.17) is 9.68 Å². The molecule has 3 aliphatic rings. The van der Waals surface area contributed by atoms with Crippen molar-refractivity contribution >= 4 is 12.1 Å². The van der Waals surface area contributed by atoms with E-state index < -0.39 is 0 Å². The van der Waals surface area contributed by atoms with E-state index in [9.17, 15) is 0 Å². The number of nitrogens with one attached hydrogen (secondary N) is 1. The van der Waals surface area contributed by atoms with Gasteiger partial charge in [-0.1, -0.05) is 19.9 Å². The lowest BCUT2D eigenvalue weighted by Crippen LogP contribution is -2.48. The minimum Gasteiger partial charge on any atom is -0.422 e. The van der Waals surface area contributed by atoms with Crippen molar-refractivity contribution in [3.05, 3.63) is 23.2 Å². The van der Waals surface area contributed by atoms with E-state index in [1.165, 1.54) is 12.0 Å². The van der Waals surface area contributed by atoms with Gasteiger partial charge in [-0.2, -0.15) is 10.4 Å². The topological polar surface area (TPSA) is 74.2 Å². The highest BCUT2D eigenvalue weighted by molar-refractivity contribution is 5.81. The predicted octanol–water partition coefficient (Wildman–Crippen LogP) is 3.24. The first kappa shape index (κ1) is 12.9. The summed E-state index contributed by atoms with van der Waals surface area (Å²) in [4.78, 5) is 3.96.